The number of hydrogen-bond donors (Lipinski definition) is 1. The van der Waals surface area contributed by atoms with E-state index in [1.807, 2.05) is 25.1 Å². The summed E-state index contributed by atoms with van der Waals surface area (Å²) < 4.78 is 28.7. The first kappa shape index (κ1) is 17.3. The molecule has 3 aromatic rings. The van der Waals surface area contributed by atoms with Gasteiger partial charge in [-0.3, -0.25) is 10.5 Å². The molecule has 3 rings (SSSR count). The van der Waals surface area contributed by atoms with Crippen LogP contribution in [0, 0.1) is 0 Å². The molecular formula is C18H19N2O4P. The zero-order valence-corrected chi connectivity index (χ0v) is 14.9. The van der Waals surface area contributed by atoms with Gasteiger partial charge in [-0.2, -0.15) is 4.62 Å². The van der Waals surface area contributed by atoms with Crippen molar-refractivity contribution in [2.75, 3.05) is 18.8 Å². The Labute approximate surface area is 146 Å². The Morgan fingerprint density at radius 1 is 1.08 bits per heavy atom. The van der Waals surface area contributed by atoms with E-state index < -0.39 is 7.60 Å². The molecule has 0 aliphatic carbocycles. The number of hydrogen-bond acceptors (Lipinski definition) is 6. The Balaban J connectivity index is 1.63. The summed E-state index contributed by atoms with van der Waals surface area (Å²) in [6.45, 7) is 3.92. The van der Waals surface area contributed by atoms with Crippen molar-refractivity contribution >= 4 is 24.2 Å². The van der Waals surface area contributed by atoms with Crippen LogP contribution in [0.3, 0.4) is 0 Å². The van der Waals surface area contributed by atoms with Crippen LogP contribution in [0.1, 0.15) is 6.92 Å². The van der Waals surface area contributed by atoms with Crippen molar-refractivity contribution in [3.8, 4) is 11.5 Å². The van der Waals surface area contributed by atoms with E-state index in [1.54, 1.807) is 42.6 Å². The van der Waals surface area contributed by atoms with E-state index in [0.29, 0.717) is 18.0 Å². The number of aromatic nitrogens is 1. The molecule has 0 radical (unpaired) electrons. The zero-order valence-electron chi connectivity index (χ0n) is 14.0. The Bertz CT molecular complexity index is 899. The maximum Gasteiger partial charge on any atom is 0.397 e. The highest BCUT2D eigenvalue weighted by molar-refractivity contribution is 7.53. The van der Waals surface area contributed by atoms with Gasteiger partial charge in [0.2, 0.25) is 0 Å². The second-order valence-electron chi connectivity index (χ2n) is 5.37. The molecule has 1 heterocycles. The van der Waals surface area contributed by atoms with Crippen LogP contribution in [0.4, 0.5) is 5.69 Å². The number of pyridine rings is 1. The van der Waals surface area contributed by atoms with E-state index >= 15 is 0 Å². The smallest absolute Gasteiger partial charge is 0.397 e. The number of anilines is 1. The first-order chi connectivity index (χ1) is 12.1. The van der Waals surface area contributed by atoms with Gasteiger partial charge in [0.1, 0.15) is 11.5 Å². The van der Waals surface area contributed by atoms with Gasteiger partial charge in [-0.15, -0.1) is 0 Å². The molecule has 7 heteroatoms. The van der Waals surface area contributed by atoms with Gasteiger partial charge in [0.15, 0.2) is 0 Å². The van der Waals surface area contributed by atoms with Crippen LogP contribution in [0.5, 0.6) is 11.5 Å². The minimum Gasteiger partial charge on any atom is -0.494 e. The van der Waals surface area contributed by atoms with Gasteiger partial charge >= 0.3 is 7.60 Å². The van der Waals surface area contributed by atoms with Gasteiger partial charge in [-0.25, -0.2) is 4.57 Å². The predicted octanol–water partition coefficient (Wildman–Crippen LogP) is 4.88. The summed E-state index contributed by atoms with van der Waals surface area (Å²) in [6.07, 6.45) is 1.72. The Morgan fingerprint density at radius 3 is 2.60 bits per heavy atom. The van der Waals surface area contributed by atoms with Crippen LogP contribution >= 0.6 is 7.60 Å². The Morgan fingerprint density at radius 2 is 1.84 bits per heavy atom. The lowest BCUT2D eigenvalue weighted by atomic mass is 10.2. The highest BCUT2D eigenvalue weighted by atomic mass is 31.2. The normalized spacial score (nSPS) is 13.2. The number of fused-ring (bicyclic) bond motifs is 1. The van der Waals surface area contributed by atoms with Crippen molar-refractivity contribution < 1.29 is 18.5 Å². The third-order valence-electron chi connectivity index (χ3n) is 3.34. The fraction of sp³-hybridized carbons (Fsp3) is 0.167. The molecule has 130 valence electrons. The topological polar surface area (TPSA) is 69.7 Å². The number of ether oxygens (including phenoxy) is 1. The van der Waals surface area contributed by atoms with Crippen molar-refractivity contribution in [1.82, 2.24) is 4.98 Å². The van der Waals surface area contributed by atoms with Gasteiger partial charge < -0.3 is 9.26 Å². The average Bonchev–Trinajstić information content (AvgIpc) is 2.61. The monoisotopic (exact) mass is 358 g/mol. The molecule has 0 saturated heterocycles. The number of rotatable bonds is 7. The van der Waals surface area contributed by atoms with Crippen LogP contribution in [0.2, 0.25) is 0 Å². The lowest BCUT2D eigenvalue weighted by molar-refractivity contribution is 0.324. The second kappa shape index (κ2) is 7.55. The van der Waals surface area contributed by atoms with E-state index in [-0.39, 0.29) is 0 Å². The third kappa shape index (κ3) is 4.72. The van der Waals surface area contributed by atoms with E-state index in [2.05, 4.69) is 10.5 Å². The summed E-state index contributed by atoms with van der Waals surface area (Å²) in [5, 5.41) is 0.902. The molecule has 6 nitrogen and oxygen atoms in total. The zero-order chi connectivity index (χ0) is 17.7. The maximum atomic E-state index is 12.5. The molecule has 1 unspecified atom stereocenters. The molecule has 0 spiro atoms. The Kier molecular flexibility index (Phi) is 5.22. The summed E-state index contributed by atoms with van der Waals surface area (Å²) in [5.74, 6) is 1.22. The molecule has 1 N–H and O–H groups in total. The fourth-order valence-electron chi connectivity index (χ4n) is 2.24. The molecule has 1 aromatic heterocycles. The predicted molar refractivity (Wildman–Crippen MR) is 98.2 cm³/mol. The van der Waals surface area contributed by atoms with Crippen LogP contribution in [0.25, 0.3) is 10.9 Å². The summed E-state index contributed by atoms with van der Waals surface area (Å²) in [5.41, 5.74) is 4.15. The van der Waals surface area contributed by atoms with Crippen LogP contribution in [0.15, 0.2) is 60.8 Å². The lowest BCUT2D eigenvalue weighted by Crippen LogP contribution is -2.03. The summed E-state index contributed by atoms with van der Waals surface area (Å²) in [6, 6.07) is 16.2. The maximum absolute atomic E-state index is 12.5. The van der Waals surface area contributed by atoms with Gasteiger partial charge in [-0.05, 0) is 55.5 Å². The van der Waals surface area contributed by atoms with Crippen molar-refractivity contribution in [3.05, 3.63) is 60.8 Å². The van der Waals surface area contributed by atoms with E-state index in [1.165, 1.54) is 6.66 Å². The lowest BCUT2D eigenvalue weighted by Gasteiger charge is -2.16. The first-order valence-corrected chi connectivity index (χ1v) is 9.84. The first-order valence-electron chi connectivity index (χ1n) is 7.85. The van der Waals surface area contributed by atoms with Gasteiger partial charge in [0.05, 0.1) is 24.5 Å². The highest BCUT2D eigenvalue weighted by Crippen LogP contribution is 2.44. The van der Waals surface area contributed by atoms with Crippen LogP contribution in [-0.4, -0.2) is 18.3 Å². The summed E-state index contributed by atoms with van der Waals surface area (Å²) in [7, 11) is -3.35. The third-order valence-corrected chi connectivity index (χ3v) is 4.31. The van der Waals surface area contributed by atoms with E-state index in [9.17, 15) is 4.57 Å². The molecule has 0 aliphatic heterocycles. The van der Waals surface area contributed by atoms with Crippen molar-refractivity contribution in [3.63, 3.8) is 0 Å². The van der Waals surface area contributed by atoms with Crippen LogP contribution < -0.4 is 14.7 Å². The van der Waals surface area contributed by atoms with Gasteiger partial charge in [0.25, 0.3) is 0 Å². The summed E-state index contributed by atoms with van der Waals surface area (Å²) in [4.78, 5) is 4.24. The highest BCUT2D eigenvalue weighted by Gasteiger charge is 2.19. The molecule has 25 heavy (non-hydrogen) atoms. The molecule has 0 bridgehead atoms. The largest absolute Gasteiger partial charge is 0.494 e. The summed E-state index contributed by atoms with van der Waals surface area (Å²) >= 11 is 0. The fourth-order valence-corrected chi connectivity index (χ4v) is 3.05. The quantitative estimate of drug-likeness (QED) is 0.479. The van der Waals surface area contributed by atoms with Crippen LogP contribution in [-0.2, 0) is 9.19 Å². The number of nitrogens with one attached hydrogen (secondary N) is 1. The number of nitrogens with zero attached hydrogens (tertiary/aromatic N) is 1. The van der Waals surface area contributed by atoms with E-state index in [4.69, 9.17) is 13.9 Å². The molecule has 0 aliphatic rings. The second-order valence-corrected chi connectivity index (χ2v) is 7.28. The van der Waals surface area contributed by atoms with Crippen molar-refractivity contribution in [1.29, 1.82) is 0 Å². The van der Waals surface area contributed by atoms with Gasteiger partial charge in [0, 0.05) is 11.6 Å². The molecule has 1 atom stereocenters. The minimum atomic E-state index is -3.35. The molecular weight excluding hydrogens is 339 g/mol. The molecule has 0 fully saturated rings. The Hall–Kier alpha value is -2.56. The molecule has 2 aromatic carbocycles. The van der Waals surface area contributed by atoms with Gasteiger partial charge in [-0.1, -0.05) is 6.07 Å². The SMILES string of the molecule is CCOc1ccc(NOP(C)(=O)Oc2ccc3ncccc3c2)cc1. The molecule has 0 saturated carbocycles. The molecule has 0 amide bonds. The number of benzene rings is 2. The average molecular weight is 358 g/mol. The van der Waals surface area contributed by atoms with E-state index in [0.717, 1.165) is 16.7 Å². The van der Waals surface area contributed by atoms with Crippen molar-refractivity contribution in [2.24, 2.45) is 0 Å². The van der Waals surface area contributed by atoms with Crippen molar-refractivity contribution in [2.45, 2.75) is 6.92 Å². The minimum absolute atomic E-state index is 0.458. The standard InChI is InChI=1S/C18H19N2O4P/c1-3-22-16-8-6-15(7-9-16)20-24-25(2,21)23-17-10-11-18-14(13-17)5-4-12-19-18/h4-13,20H,3H2,1-2H3.